The fourth-order valence-electron chi connectivity index (χ4n) is 3.64. The number of aliphatic imine (C=N–C) groups is 1. The topological polar surface area (TPSA) is 91.8 Å². The second-order valence-corrected chi connectivity index (χ2v) is 6.48. The van der Waals surface area contributed by atoms with Crippen molar-refractivity contribution in [2.45, 2.75) is 5.54 Å². The van der Waals surface area contributed by atoms with E-state index < -0.39 is 11.5 Å². The summed E-state index contributed by atoms with van der Waals surface area (Å²) in [6.07, 6.45) is 3.47. The molecular formula is C20H15FN4O3. The van der Waals surface area contributed by atoms with Gasteiger partial charge in [0.1, 0.15) is 12.4 Å². The Balaban J connectivity index is 1.78. The smallest absolute Gasteiger partial charge is 0.283 e. The van der Waals surface area contributed by atoms with Gasteiger partial charge in [0.25, 0.3) is 11.9 Å². The van der Waals surface area contributed by atoms with Gasteiger partial charge in [0, 0.05) is 35.2 Å². The molecule has 0 saturated heterocycles. The van der Waals surface area contributed by atoms with Crippen LogP contribution < -0.4 is 15.2 Å². The van der Waals surface area contributed by atoms with E-state index in [0.717, 1.165) is 16.7 Å². The van der Waals surface area contributed by atoms with Crippen molar-refractivity contribution in [3.05, 3.63) is 65.9 Å². The summed E-state index contributed by atoms with van der Waals surface area (Å²) in [5.74, 6) is 0.185. The van der Waals surface area contributed by atoms with Crippen LogP contribution in [0.2, 0.25) is 0 Å². The van der Waals surface area contributed by atoms with Gasteiger partial charge < -0.3 is 19.9 Å². The van der Waals surface area contributed by atoms with E-state index in [9.17, 15) is 4.39 Å². The summed E-state index contributed by atoms with van der Waals surface area (Å²) in [7, 11) is 1.40. The summed E-state index contributed by atoms with van der Waals surface area (Å²) in [6, 6.07) is 10.8. The number of hydrogen-bond acceptors (Lipinski definition) is 7. The molecular weight excluding hydrogens is 363 g/mol. The highest BCUT2D eigenvalue weighted by atomic mass is 19.1. The van der Waals surface area contributed by atoms with Gasteiger partial charge in [-0.25, -0.2) is 4.99 Å². The van der Waals surface area contributed by atoms with Gasteiger partial charge in [-0.15, -0.1) is 0 Å². The number of ether oxygens (including phenoxy) is 3. The van der Waals surface area contributed by atoms with Crippen molar-refractivity contribution in [2.75, 3.05) is 13.7 Å². The van der Waals surface area contributed by atoms with Crippen LogP contribution in [-0.4, -0.2) is 29.7 Å². The summed E-state index contributed by atoms with van der Waals surface area (Å²) >= 11 is 0. The average Bonchev–Trinajstić information content (AvgIpc) is 3.11. The summed E-state index contributed by atoms with van der Waals surface area (Å²) in [6.45, 7) is 0.116. The highest BCUT2D eigenvalue weighted by Crippen LogP contribution is 2.53. The fourth-order valence-corrected chi connectivity index (χ4v) is 3.64. The van der Waals surface area contributed by atoms with Crippen LogP contribution in [0.4, 0.5) is 4.39 Å². The molecule has 0 saturated carbocycles. The fraction of sp³-hybridized carbons (Fsp3) is 0.150. The van der Waals surface area contributed by atoms with Crippen LogP contribution in [0.25, 0.3) is 11.1 Å². The Kier molecular flexibility index (Phi) is 3.48. The molecule has 28 heavy (non-hydrogen) atoms. The van der Waals surface area contributed by atoms with Gasteiger partial charge in [-0.2, -0.15) is 9.37 Å². The van der Waals surface area contributed by atoms with Crippen LogP contribution in [0.1, 0.15) is 11.1 Å². The van der Waals surface area contributed by atoms with Crippen LogP contribution >= 0.6 is 0 Å². The first-order valence-corrected chi connectivity index (χ1v) is 8.56. The molecule has 0 aliphatic carbocycles. The standard InChI is InChI=1S/C20H15FN4O3/c1-26-18-17-14(8-16(21)24-18)20(10-27-19(22)25-20)13-7-11(4-5-15(13)28-17)12-3-2-6-23-9-12/h2-9H,10H2,1H3,(H2,22,25)/t20-/m0/s1. The highest BCUT2D eigenvalue weighted by Gasteiger charge is 2.48. The van der Waals surface area contributed by atoms with Crippen LogP contribution in [0.3, 0.4) is 0 Å². The molecule has 2 aliphatic heterocycles. The van der Waals surface area contributed by atoms with E-state index in [-0.39, 0.29) is 18.5 Å². The Bertz CT molecular complexity index is 1120. The molecule has 7 nitrogen and oxygen atoms in total. The molecule has 0 amide bonds. The summed E-state index contributed by atoms with van der Waals surface area (Å²) in [5, 5.41) is 0. The highest BCUT2D eigenvalue weighted by molar-refractivity contribution is 5.78. The molecule has 1 spiro atoms. The van der Waals surface area contributed by atoms with Crippen molar-refractivity contribution >= 4 is 6.02 Å². The van der Waals surface area contributed by atoms with E-state index in [2.05, 4.69) is 15.0 Å². The number of fused-ring (bicyclic) bond motifs is 4. The zero-order valence-corrected chi connectivity index (χ0v) is 14.8. The molecule has 2 aromatic heterocycles. The minimum absolute atomic E-state index is 0.0294. The summed E-state index contributed by atoms with van der Waals surface area (Å²) in [4.78, 5) is 12.5. The lowest BCUT2D eigenvalue weighted by Crippen LogP contribution is -2.31. The normalized spacial score (nSPS) is 19.3. The second-order valence-electron chi connectivity index (χ2n) is 6.48. The molecule has 0 radical (unpaired) electrons. The van der Waals surface area contributed by atoms with Gasteiger partial charge in [0.2, 0.25) is 5.95 Å². The van der Waals surface area contributed by atoms with Gasteiger partial charge >= 0.3 is 0 Å². The van der Waals surface area contributed by atoms with E-state index >= 15 is 0 Å². The third-order valence-corrected chi connectivity index (χ3v) is 4.91. The predicted octanol–water partition coefficient (Wildman–Crippen LogP) is 2.99. The quantitative estimate of drug-likeness (QED) is 0.690. The number of rotatable bonds is 2. The van der Waals surface area contributed by atoms with Crippen molar-refractivity contribution in [1.82, 2.24) is 9.97 Å². The third kappa shape index (κ3) is 2.31. The molecule has 5 rings (SSSR count). The molecule has 2 N–H and O–H groups in total. The summed E-state index contributed by atoms with van der Waals surface area (Å²) < 4.78 is 31.0. The number of methoxy groups -OCH3 is 1. The van der Waals surface area contributed by atoms with Gasteiger partial charge in [-0.05, 0) is 23.8 Å². The first-order valence-electron chi connectivity index (χ1n) is 8.56. The average molecular weight is 378 g/mol. The number of benzene rings is 1. The molecule has 1 atom stereocenters. The number of pyridine rings is 2. The Hall–Kier alpha value is -3.68. The molecule has 8 heteroatoms. The molecule has 1 aromatic carbocycles. The molecule has 0 bridgehead atoms. The molecule has 4 heterocycles. The lowest BCUT2D eigenvalue weighted by molar-refractivity contribution is 0.258. The Morgan fingerprint density at radius 3 is 2.79 bits per heavy atom. The number of aromatic nitrogens is 2. The molecule has 140 valence electrons. The van der Waals surface area contributed by atoms with Gasteiger partial charge in [-0.1, -0.05) is 12.1 Å². The molecule has 0 fully saturated rings. The number of hydrogen-bond donors (Lipinski definition) is 1. The van der Waals surface area contributed by atoms with Crippen molar-refractivity contribution in [3.8, 4) is 28.5 Å². The Labute approximate surface area is 159 Å². The van der Waals surface area contributed by atoms with Crippen LogP contribution in [-0.2, 0) is 10.3 Å². The van der Waals surface area contributed by atoms with E-state index in [1.807, 2.05) is 30.3 Å². The van der Waals surface area contributed by atoms with Crippen LogP contribution in [0.5, 0.6) is 17.4 Å². The van der Waals surface area contributed by atoms with Crippen LogP contribution in [0, 0.1) is 5.95 Å². The molecule has 2 aliphatic rings. The van der Waals surface area contributed by atoms with Crippen molar-refractivity contribution in [2.24, 2.45) is 10.7 Å². The van der Waals surface area contributed by atoms with Gasteiger partial charge in [-0.3, -0.25) is 4.98 Å². The van der Waals surface area contributed by atoms with E-state index in [1.54, 1.807) is 12.4 Å². The van der Waals surface area contributed by atoms with E-state index in [0.29, 0.717) is 17.1 Å². The van der Waals surface area contributed by atoms with Crippen molar-refractivity contribution in [3.63, 3.8) is 0 Å². The number of halogens is 1. The largest absolute Gasteiger partial charge is 0.478 e. The minimum atomic E-state index is -1.05. The number of nitrogens with zero attached hydrogens (tertiary/aromatic N) is 3. The zero-order chi connectivity index (χ0) is 19.3. The Morgan fingerprint density at radius 2 is 2.07 bits per heavy atom. The van der Waals surface area contributed by atoms with Crippen molar-refractivity contribution in [1.29, 1.82) is 0 Å². The maximum atomic E-state index is 14.2. The first kappa shape index (κ1) is 16.5. The SMILES string of the molecule is COc1nc(F)cc2c1Oc1ccc(-c3cccnc3)cc1[C@@]21COC(N)=N1. The summed E-state index contributed by atoms with van der Waals surface area (Å²) in [5.41, 5.74) is 7.81. The minimum Gasteiger partial charge on any atom is -0.478 e. The maximum absolute atomic E-state index is 14.2. The van der Waals surface area contributed by atoms with E-state index in [4.69, 9.17) is 19.9 Å². The monoisotopic (exact) mass is 378 g/mol. The number of amidine groups is 1. The Morgan fingerprint density at radius 1 is 1.18 bits per heavy atom. The van der Waals surface area contributed by atoms with Crippen molar-refractivity contribution < 1.29 is 18.6 Å². The first-order chi connectivity index (χ1) is 13.6. The lowest BCUT2D eigenvalue weighted by Gasteiger charge is -2.33. The molecule has 3 aromatic rings. The third-order valence-electron chi connectivity index (χ3n) is 4.91. The number of nitrogens with two attached hydrogens (primary N) is 1. The van der Waals surface area contributed by atoms with Gasteiger partial charge in [0.05, 0.1) is 7.11 Å². The molecule has 0 unspecified atom stereocenters. The predicted molar refractivity (Wildman–Crippen MR) is 98.8 cm³/mol. The van der Waals surface area contributed by atoms with E-state index in [1.165, 1.54) is 13.2 Å². The lowest BCUT2D eigenvalue weighted by atomic mass is 9.81. The second kappa shape index (κ2) is 5.91. The zero-order valence-electron chi connectivity index (χ0n) is 14.8. The van der Waals surface area contributed by atoms with Gasteiger partial charge in [0.15, 0.2) is 11.3 Å². The maximum Gasteiger partial charge on any atom is 0.283 e. The van der Waals surface area contributed by atoms with Crippen LogP contribution in [0.15, 0.2) is 53.8 Å².